The zero-order chi connectivity index (χ0) is 16.9. The van der Waals surface area contributed by atoms with E-state index in [0.29, 0.717) is 12.6 Å². The molecule has 0 aromatic heterocycles. The summed E-state index contributed by atoms with van der Waals surface area (Å²) in [5.41, 5.74) is 5.50. The van der Waals surface area contributed by atoms with Crippen LogP contribution in [0.25, 0.3) is 0 Å². The molecule has 3 N–H and O–H groups in total. The van der Waals surface area contributed by atoms with Crippen molar-refractivity contribution in [3.8, 4) is 0 Å². The first-order valence-corrected chi connectivity index (χ1v) is 8.24. The maximum Gasteiger partial charge on any atom is 0.407 e. The van der Waals surface area contributed by atoms with Crippen LogP contribution in [-0.4, -0.2) is 73.3 Å². The highest BCUT2D eigenvalue weighted by Gasteiger charge is 2.30. The summed E-state index contributed by atoms with van der Waals surface area (Å²) in [7, 11) is 4.24. The topological polar surface area (TPSA) is 70.8 Å². The Labute approximate surface area is 135 Å². The van der Waals surface area contributed by atoms with Gasteiger partial charge in [0.1, 0.15) is 5.60 Å². The molecule has 0 bridgehead atoms. The number of likely N-dealkylation sites (N-methyl/N-ethyl adjacent to an activating group) is 1. The van der Waals surface area contributed by atoms with Crippen LogP contribution < -0.4 is 11.1 Å². The largest absolute Gasteiger partial charge is 0.444 e. The van der Waals surface area contributed by atoms with Gasteiger partial charge in [0.25, 0.3) is 0 Å². The molecule has 1 aliphatic rings. The summed E-state index contributed by atoms with van der Waals surface area (Å²) in [6.45, 7) is 10.2. The second-order valence-corrected chi connectivity index (χ2v) is 7.49. The highest BCUT2D eigenvalue weighted by atomic mass is 16.6. The lowest BCUT2D eigenvalue weighted by molar-refractivity contribution is 0.0429. The van der Waals surface area contributed by atoms with Crippen LogP contribution in [0.15, 0.2) is 0 Å². The second-order valence-electron chi connectivity index (χ2n) is 7.49. The number of carbonyl (C=O) groups is 1. The minimum absolute atomic E-state index is 0.0410. The van der Waals surface area contributed by atoms with Crippen LogP contribution in [-0.2, 0) is 4.74 Å². The van der Waals surface area contributed by atoms with Gasteiger partial charge in [0.2, 0.25) is 0 Å². The quantitative estimate of drug-likeness (QED) is 0.799. The maximum atomic E-state index is 11.9. The highest BCUT2D eigenvalue weighted by molar-refractivity contribution is 5.68. The number of alkyl carbamates (subject to hydrolysis) is 1. The van der Waals surface area contributed by atoms with E-state index in [2.05, 4.69) is 29.2 Å². The molecule has 0 aromatic carbocycles. The van der Waals surface area contributed by atoms with E-state index in [-0.39, 0.29) is 18.2 Å². The van der Waals surface area contributed by atoms with Gasteiger partial charge in [0.15, 0.2) is 0 Å². The number of hydrogen-bond donors (Lipinski definition) is 2. The first kappa shape index (κ1) is 19.2. The minimum Gasteiger partial charge on any atom is -0.444 e. The number of ether oxygens (including phenoxy) is 1. The van der Waals surface area contributed by atoms with Crippen molar-refractivity contribution in [3.63, 3.8) is 0 Å². The molecule has 1 saturated heterocycles. The third-order valence-corrected chi connectivity index (χ3v) is 4.19. The molecule has 130 valence electrons. The van der Waals surface area contributed by atoms with E-state index in [0.717, 1.165) is 13.1 Å². The van der Waals surface area contributed by atoms with Gasteiger partial charge in [0.05, 0.1) is 0 Å². The smallest absolute Gasteiger partial charge is 0.407 e. The number of carbonyl (C=O) groups excluding carboxylic acids is 1. The Balaban J connectivity index is 2.60. The minimum atomic E-state index is -0.483. The fourth-order valence-electron chi connectivity index (χ4n) is 2.97. The lowest BCUT2D eigenvalue weighted by Crippen LogP contribution is -2.58. The summed E-state index contributed by atoms with van der Waals surface area (Å²) in [4.78, 5) is 16.6. The number of hydrogen-bond acceptors (Lipinski definition) is 5. The molecule has 3 unspecified atom stereocenters. The number of piperidine rings is 1. The maximum absolute atomic E-state index is 11.9. The molecular weight excluding hydrogens is 280 g/mol. The number of nitrogens with zero attached hydrogens (tertiary/aromatic N) is 2. The average molecular weight is 314 g/mol. The van der Waals surface area contributed by atoms with Crippen LogP contribution in [0.4, 0.5) is 4.79 Å². The van der Waals surface area contributed by atoms with Crippen molar-refractivity contribution in [1.82, 2.24) is 15.1 Å². The molecule has 6 heteroatoms. The first-order valence-electron chi connectivity index (χ1n) is 8.24. The number of rotatable bonds is 5. The normalized spacial score (nSPS) is 23.2. The summed E-state index contributed by atoms with van der Waals surface area (Å²) >= 11 is 0. The molecule has 1 fully saturated rings. The van der Waals surface area contributed by atoms with Gasteiger partial charge >= 0.3 is 6.09 Å². The lowest BCUT2D eigenvalue weighted by Gasteiger charge is -2.42. The zero-order valence-corrected chi connectivity index (χ0v) is 15.1. The van der Waals surface area contributed by atoms with Gasteiger partial charge in [-0.05, 0) is 61.2 Å². The van der Waals surface area contributed by atoms with Crippen molar-refractivity contribution in [2.24, 2.45) is 5.73 Å². The average Bonchev–Trinajstić information content (AvgIpc) is 2.37. The van der Waals surface area contributed by atoms with Crippen molar-refractivity contribution in [3.05, 3.63) is 0 Å². The SMILES string of the molecule is CC(NC(=O)OC(C)(C)C)C(CN)N1CCCC(N(C)C)C1. The molecule has 1 heterocycles. The standard InChI is InChI=1S/C16H34N4O2/c1-12(18-15(21)22-16(2,3)4)14(10-17)20-9-7-8-13(11-20)19(5)6/h12-14H,7-11,17H2,1-6H3,(H,18,21). The summed E-state index contributed by atoms with van der Waals surface area (Å²) in [6.07, 6.45) is 2.01. The number of likely N-dealkylation sites (tertiary alicyclic amines) is 1. The third kappa shape index (κ3) is 6.10. The number of nitrogens with one attached hydrogen (secondary N) is 1. The van der Waals surface area contributed by atoms with Crippen LogP contribution >= 0.6 is 0 Å². The summed E-state index contributed by atoms with van der Waals surface area (Å²) in [5.74, 6) is 0. The van der Waals surface area contributed by atoms with Crippen molar-refractivity contribution < 1.29 is 9.53 Å². The molecule has 1 amide bonds. The summed E-state index contributed by atoms with van der Waals surface area (Å²) < 4.78 is 5.33. The Hall–Kier alpha value is -0.850. The fourth-order valence-corrected chi connectivity index (χ4v) is 2.97. The van der Waals surface area contributed by atoms with E-state index < -0.39 is 5.60 Å². The lowest BCUT2D eigenvalue weighted by atomic mass is 10.00. The van der Waals surface area contributed by atoms with Crippen molar-refractivity contribution in [1.29, 1.82) is 0 Å². The van der Waals surface area contributed by atoms with Crippen molar-refractivity contribution in [2.45, 2.75) is 64.3 Å². The van der Waals surface area contributed by atoms with E-state index in [1.165, 1.54) is 12.8 Å². The van der Waals surface area contributed by atoms with Crippen molar-refractivity contribution in [2.75, 3.05) is 33.7 Å². The third-order valence-electron chi connectivity index (χ3n) is 4.19. The van der Waals surface area contributed by atoms with Gasteiger partial charge in [0, 0.05) is 31.2 Å². The summed E-state index contributed by atoms with van der Waals surface area (Å²) in [5, 5.41) is 2.93. The van der Waals surface area contributed by atoms with E-state index >= 15 is 0 Å². The summed E-state index contributed by atoms with van der Waals surface area (Å²) in [6, 6.07) is 0.646. The van der Waals surface area contributed by atoms with Gasteiger partial charge in [-0.15, -0.1) is 0 Å². The first-order chi connectivity index (χ1) is 10.1. The van der Waals surface area contributed by atoms with Crippen LogP contribution in [0.3, 0.4) is 0 Å². The molecule has 0 spiro atoms. The predicted octanol–water partition coefficient (Wildman–Crippen LogP) is 1.25. The van der Waals surface area contributed by atoms with Crippen LogP contribution in [0.5, 0.6) is 0 Å². The van der Waals surface area contributed by atoms with E-state index in [4.69, 9.17) is 10.5 Å². The van der Waals surface area contributed by atoms with E-state index in [1.807, 2.05) is 27.7 Å². The molecule has 0 aromatic rings. The zero-order valence-electron chi connectivity index (χ0n) is 15.1. The Bertz CT molecular complexity index is 355. The highest BCUT2D eigenvalue weighted by Crippen LogP contribution is 2.17. The molecule has 22 heavy (non-hydrogen) atoms. The van der Waals surface area contributed by atoms with Gasteiger partial charge in [-0.2, -0.15) is 0 Å². The number of nitrogens with two attached hydrogens (primary N) is 1. The van der Waals surface area contributed by atoms with Gasteiger partial charge in [-0.25, -0.2) is 4.79 Å². The molecule has 3 atom stereocenters. The molecule has 0 saturated carbocycles. The Morgan fingerprint density at radius 3 is 2.59 bits per heavy atom. The number of amides is 1. The monoisotopic (exact) mass is 314 g/mol. The van der Waals surface area contributed by atoms with Crippen LogP contribution in [0.2, 0.25) is 0 Å². The molecular formula is C16H34N4O2. The van der Waals surface area contributed by atoms with Crippen LogP contribution in [0, 0.1) is 0 Å². The van der Waals surface area contributed by atoms with Gasteiger partial charge in [-0.1, -0.05) is 0 Å². The molecule has 6 nitrogen and oxygen atoms in total. The Morgan fingerprint density at radius 1 is 1.45 bits per heavy atom. The van der Waals surface area contributed by atoms with Crippen LogP contribution in [0.1, 0.15) is 40.5 Å². The molecule has 0 aliphatic carbocycles. The van der Waals surface area contributed by atoms with Gasteiger partial charge in [-0.3, -0.25) is 4.90 Å². The van der Waals surface area contributed by atoms with Crippen molar-refractivity contribution >= 4 is 6.09 Å². The fraction of sp³-hybridized carbons (Fsp3) is 0.938. The molecule has 1 aliphatic heterocycles. The van der Waals surface area contributed by atoms with E-state index in [1.54, 1.807) is 0 Å². The van der Waals surface area contributed by atoms with Gasteiger partial charge < -0.3 is 20.7 Å². The Morgan fingerprint density at radius 2 is 2.09 bits per heavy atom. The second kappa shape index (κ2) is 8.13. The molecule has 1 rings (SSSR count). The Kier molecular flexibility index (Phi) is 7.09. The molecule has 0 radical (unpaired) electrons. The predicted molar refractivity (Wildman–Crippen MR) is 90.0 cm³/mol. The van der Waals surface area contributed by atoms with E-state index in [9.17, 15) is 4.79 Å².